The van der Waals surface area contributed by atoms with Crippen LogP contribution in [-0.2, 0) is 7.05 Å². The lowest BCUT2D eigenvalue weighted by atomic mass is 10.2. The third-order valence-electron chi connectivity index (χ3n) is 3.11. The molecule has 0 amide bonds. The van der Waals surface area contributed by atoms with E-state index in [4.69, 9.17) is 0 Å². The third kappa shape index (κ3) is 4.32. The Morgan fingerprint density at radius 3 is 2.38 bits per heavy atom. The summed E-state index contributed by atoms with van der Waals surface area (Å²) in [5, 5.41) is 10.6. The predicted octanol–water partition coefficient (Wildman–Crippen LogP) is -0.394. The molecule has 0 aliphatic rings. The number of nitro groups is 1. The second kappa shape index (κ2) is 7.26. The van der Waals surface area contributed by atoms with Crippen molar-refractivity contribution in [3.63, 3.8) is 0 Å². The number of aryl methyl sites for hydroxylation is 2. The van der Waals surface area contributed by atoms with E-state index in [1.54, 1.807) is 12.1 Å². The molecule has 0 saturated carbocycles. The van der Waals surface area contributed by atoms with Crippen molar-refractivity contribution in [3.05, 3.63) is 63.2 Å². The Morgan fingerprint density at radius 2 is 1.81 bits per heavy atom. The highest BCUT2D eigenvalue weighted by atomic mass is 127. The molecule has 0 unspecified atom stereocenters. The number of hydrogen-bond donors (Lipinski definition) is 0. The molecule has 21 heavy (non-hydrogen) atoms. The van der Waals surface area contributed by atoms with Gasteiger partial charge in [-0.05, 0) is 35.7 Å². The van der Waals surface area contributed by atoms with Crippen molar-refractivity contribution in [2.75, 3.05) is 0 Å². The molecule has 0 radical (unpaired) electrons. The monoisotopic (exact) mass is 397 g/mol. The molecule has 0 bridgehead atoms. The van der Waals surface area contributed by atoms with E-state index in [1.165, 1.54) is 12.1 Å². The molecule has 0 aliphatic heterocycles. The highest BCUT2D eigenvalue weighted by molar-refractivity contribution is 5.66. The van der Waals surface area contributed by atoms with E-state index in [2.05, 4.69) is 4.98 Å². The minimum atomic E-state index is -0.404. The van der Waals surface area contributed by atoms with Gasteiger partial charge in [-0.25, -0.2) is 4.57 Å². The van der Waals surface area contributed by atoms with Crippen molar-refractivity contribution in [3.8, 4) is 0 Å². The van der Waals surface area contributed by atoms with Crippen LogP contribution in [0.4, 0.5) is 5.69 Å². The molecule has 2 aromatic rings. The van der Waals surface area contributed by atoms with Crippen molar-refractivity contribution in [2.24, 2.45) is 7.05 Å². The SMILES string of the molecule is Cc1cc(C)[n+](C)c(C=Cc2ccc([N+](=O)[O-])cc2)n1.[I-]. The summed E-state index contributed by atoms with van der Waals surface area (Å²) in [6.07, 6.45) is 3.80. The Balaban J connectivity index is 0.00000220. The molecule has 6 heteroatoms. The van der Waals surface area contributed by atoms with Crippen LogP contribution in [0, 0.1) is 24.0 Å². The Hall–Kier alpha value is -1.83. The summed E-state index contributed by atoms with van der Waals surface area (Å²) in [6.45, 7) is 3.98. The first-order valence-corrected chi connectivity index (χ1v) is 6.24. The van der Waals surface area contributed by atoms with E-state index in [0.717, 1.165) is 22.8 Å². The van der Waals surface area contributed by atoms with Crippen molar-refractivity contribution in [1.29, 1.82) is 0 Å². The molecule has 1 aromatic heterocycles. The number of rotatable bonds is 3. The van der Waals surface area contributed by atoms with Gasteiger partial charge in [0.25, 0.3) is 5.69 Å². The maximum Gasteiger partial charge on any atom is 0.323 e. The number of nitrogens with zero attached hydrogens (tertiary/aromatic N) is 3. The average molecular weight is 397 g/mol. The smallest absolute Gasteiger partial charge is 0.323 e. The fourth-order valence-corrected chi connectivity index (χ4v) is 1.89. The van der Waals surface area contributed by atoms with E-state index < -0.39 is 4.92 Å². The molecule has 0 fully saturated rings. The Labute approximate surface area is 140 Å². The zero-order valence-corrected chi connectivity index (χ0v) is 14.2. The van der Waals surface area contributed by atoms with E-state index in [-0.39, 0.29) is 29.7 Å². The predicted molar refractivity (Wildman–Crippen MR) is 76.9 cm³/mol. The molecule has 0 spiro atoms. The van der Waals surface area contributed by atoms with Gasteiger partial charge in [0, 0.05) is 31.2 Å². The summed E-state index contributed by atoms with van der Waals surface area (Å²) in [7, 11) is 1.96. The number of benzene rings is 1. The standard InChI is InChI=1S/C15H16N3O2.HI/c1-11-10-12(2)17(3)15(16-11)9-6-13-4-7-14(8-5-13)18(19)20;/h4-10H,1-3H3;1H/q+1;/p-1. The second-order valence-corrected chi connectivity index (χ2v) is 4.64. The number of non-ortho nitro benzene ring substituents is 1. The van der Waals surface area contributed by atoms with Crippen LogP contribution in [0.2, 0.25) is 0 Å². The maximum absolute atomic E-state index is 10.6. The maximum atomic E-state index is 10.6. The fourth-order valence-electron chi connectivity index (χ4n) is 1.89. The minimum Gasteiger partial charge on any atom is -1.00 e. The van der Waals surface area contributed by atoms with E-state index >= 15 is 0 Å². The number of nitro benzene ring substituents is 1. The molecule has 1 aromatic carbocycles. The van der Waals surface area contributed by atoms with Crippen molar-refractivity contribution >= 4 is 17.8 Å². The summed E-state index contributed by atoms with van der Waals surface area (Å²) in [5.74, 6) is 0.848. The lowest BCUT2D eigenvalue weighted by molar-refractivity contribution is -0.682. The summed E-state index contributed by atoms with van der Waals surface area (Å²) in [6, 6.07) is 8.45. The summed E-state index contributed by atoms with van der Waals surface area (Å²) in [4.78, 5) is 14.6. The molecule has 1 heterocycles. The Morgan fingerprint density at radius 1 is 1.19 bits per heavy atom. The highest BCUT2D eigenvalue weighted by Crippen LogP contribution is 2.13. The van der Waals surface area contributed by atoms with Crippen molar-refractivity contribution in [1.82, 2.24) is 4.98 Å². The quantitative estimate of drug-likeness (QED) is 0.307. The van der Waals surface area contributed by atoms with Gasteiger partial charge in [0.2, 0.25) is 0 Å². The van der Waals surface area contributed by atoms with Crippen LogP contribution in [0.25, 0.3) is 12.2 Å². The van der Waals surface area contributed by atoms with Gasteiger partial charge in [0.1, 0.15) is 5.69 Å². The lowest BCUT2D eigenvalue weighted by Crippen LogP contribution is -3.00. The van der Waals surface area contributed by atoms with Crippen LogP contribution in [0.1, 0.15) is 22.8 Å². The molecule has 2 rings (SSSR count). The zero-order valence-electron chi connectivity index (χ0n) is 12.1. The summed E-state index contributed by atoms with van der Waals surface area (Å²) in [5.41, 5.74) is 3.08. The Kier molecular flexibility index (Phi) is 5.95. The minimum absolute atomic E-state index is 0. The van der Waals surface area contributed by atoms with Gasteiger partial charge < -0.3 is 24.0 Å². The highest BCUT2D eigenvalue weighted by Gasteiger charge is 2.10. The van der Waals surface area contributed by atoms with Crippen molar-refractivity contribution in [2.45, 2.75) is 13.8 Å². The molecular formula is C15H16IN3O2. The van der Waals surface area contributed by atoms with Crippen LogP contribution in [0.5, 0.6) is 0 Å². The van der Waals surface area contributed by atoms with Crippen LogP contribution in [0.3, 0.4) is 0 Å². The van der Waals surface area contributed by atoms with E-state index in [1.807, 2.05) is 43.7 Å². The molecular weight excluding hydrogens is 381 g/mol. The number of aromatic nitrogens is 2. The van der Waals surface area contributed by atoms with Gasteiger partial charge >= 0.3 is 5.82 Å². The van der Waals surface area contributed by atoms with Gasteiger partial charge in [-0.1, -0.05) is 0 Å². The van der Waals surface area contributed by atoms with Gasteiger partial charge in [-0.3, -0.25) is 10.1 Å². The van der Waals surface area contributed by atoms with E-state index in [9.17, 15) is 10.1 Å². The normalized spacial score (nSPS) is 10.4. The largest absolute Gasteiger partial charge is 1.00 e. The fraction of sp³-hybridized carbons (Fsp3) is 0.200. The van der Waals surface area contributed by atoms with E-state index in [0.29, 0.717) is 0 Å². The summed E-state index contributed by atoms with van der Waals surface area (Å²) < 4.78 is 1.99. The molecule has 0 atom stereocenters. The molecule has 0 N–H and O–H groups in total. The van der Waals surface area contributed by atoms with Gasteiger partial charge in [0.15, 0.2) is 5.69 Å². The first-order valence-electron chi connectivity index (χ1n) is 6.24. The van der Waals surface area contributed by atoms with Crippen LogP contribution < -0.4 is 28.5 Å². The molecule has 0 saturated heterocycles. The zero-order chi connectivity index (χ0) is 14.7. The second-order valence-electron chi connectivity index (χ2n) is 4.64. The van der Waals surface area contributed by atoms with Crippen LogP contribution in [-0.4, -0.2) is 9.91 Å². The third-order valence-corrected chi connectivity index (χ3v) is 3.11. The number of halogens is 1. The average Bonchev–Trinajstić information content (AvgIpc) is 2.41. The first-order chi connectivity index (χ1) is 9.47. The lowest BCUT2D eigenvalue weighted by Gasteiger charge is -1.99. The topological polar surface area (TPSA) is 59.9 Å². The Bertz CT molecular complexity index is 682. The molecule has 5 nitrogen and oxygen atoms in total. The molecule has 110 valence electrons. The van der Waals surface area contributed by atoms with Gasteiger partial charge in [-0.2, -0.15) is 0 Å². The summed E-state index contributed by atoms with van der Waals surface area (Å²) >= 11 is 0. The first kappa shape index (κ1) is 17.2. The van der Waals surface area contributed by atoms with Crippen LogP contribution in [0.15, 0.2) is 30.3 Å². The van der Waals surface area contributed by atoms with Crippen LogP contribution >= 0.6 is 0 Å². The molecule has 0 aliphatic carbocycles. The van der Waals surface area contributed by atoms with Gasteiger partial charge in [0.05, 0.1) is 12.0 Å². The van der Waals surface area contributed by atoms with Crippen molar-refractivity contribution < 1.29 is 33.5 Å². The number of hydrogen-bond acceptors (Lipinski definition) is 3. The van der Waals surface area contributed by atoms with Gasteiger partial charge in [-0.15, -0.1) is 0 Å².